The SMILES string of the molecule is CC(C)C(=O)CNC(=O)c1cnc(N2CCN(C(=O)C3CC3)[C@H](C)C2)nc1-c1cnn(C)c1. The van der Waals surface area contributed by atoms with Crippen LogP contribution in [0.3, 0.4) is 0 Å². The van der Waals surface area contributed by atoms with Gasteiger partial charge in [-0.15, -0.1) is 0 Å². The summed E-state index contributed by atoms with van der Waals surface area (Å²) in [6.45, 7) is 7.48. The van der Waals surface area contributed by atoms with Crippen LogP contribution in [0.4, 0.5) is 5.95 Å². The van der Waals surface area contributed by atoms with E-state index in [2.05, 4.69) is 15.4 Å². The van der Waals surface area contributed by atoms with Crippen LogP contribution in [-0.2, 0) is 16.6 Å². The van der Waals surface area contributed by atoms with Crippen LogP contribution in [0.5, 0.6) is 0 Å². The Morgan fingerprint density at radius 1 is 1.18 bits per heavy atom. The first-order chi connectivity index (χ1) is 15.7. The van der Waals surface area contributed by atoms with Crippen LogP contribution in [0.1, 0.15) is 44.0 Å². The lowest BCUT2D eigenvalue weighted by atomic mass is 10.1. The van der Waals surface area contributed by atoms with E-state index in [0.29, 0.717) is 42.4 Å². The van der Waals surface area contributed by atoms with Crippen LogP contribution in [0.2, 0.25) is 0 Å². The first-order valence-corrected chi connectivity index (χ1v) is 11.5. The van der Waals surface area contributed by atoms with Gasteiger partial charge >= 0.3 is 0 Å². The summed E-state index contributed by atoms with van der Waals surface area (Å²) in [5.41, 5.74) is 1.45. The second-order valence-corrected chi connectivity index (χ2v) is 9.24. The maximum Gasteiger partial charge on any atom is 0.255 e. The minimum absolute atomic E-state index is 0.0424. The Hall–Kier alpha value is -3.30. The van der Waals surface area contributed by atoms with Crippen molar-refractivity contribution >= 4 is 23.5 Å². The first-order valence-electron chi connectivity index (χ1n) is 11.5. The quantitative estimate of drug-likeness (QED) is 0.672. The van der Waals surface area contributed by atoms with Gasteiger partial charge in [0.2, 0.25) is 11.9 Å². The molecule has 0 unspecified atom stereocenters. The fourth-order valence-electron chi connectivity index (χ4n) is 3.95. The molecule has 1 atom stereocenters. The van der Waals surface area contributed by atoms with E-state index in [1.54, 1.807) is 38.0 Å². The van der Waals surface area contributed by atoms with Crippen molar-refractivity contribution in [2.24, 2.45) is 18.9 Å². The van der Waals surface area contributed by atoms with E-state index in [1.807, 2.05) is 16.7 Å². The number of Topliss-reactive ketones (excluding diaryl/α,β-unsaturated/α-hetero) is 1. The molecule has 10 nitrogen and oxygen atoms in total. The van der Waals surface area contributed by atoms with Gasteiger partial charge in [0.15, 0.2) is 5.78 Å². The van der Waals surface area contributed by atoms with Gasteiger partial charge in [0.1, 0.15) is 0 Å². The fraction of sp³-hybridized carbons (Fsp3) is 0.565. The Labute approximate surface area is 193 Å². The number of hydrogen-bond acceptors (Lipinski definition) is 7. The number of hydrogen-bond donors (Lipinski definition) is 1. The molecule has 1 aliphatic heterocycles. The van der Waals surface area contributed by atoms with Crippen LogP contribution < -0.4 is 10.2 Å². The first kappa shape index (κ1) is 22.9. The summed E-state index contributed by atoms with van der Waals surface area (Å²) in [6, 6.07) is 0.0577. The number of piperazine rings is 1. The van der Waals surface area contributed by atoms with E-state index in [4.69, 9.17) is 4.98 Å². The number of nitrogens with one attached hydrogen (secondary N) is 1. The normalized spacial score (nSPS) is 18.5. The molecule has 0 aromatic carbocycles. The Balaban J connectivity index is 1.56. The van der Waals surface area contributed by atoms with E-state index in [9.17, 15) is 14.4 Å². The van der Waals surface area contributed by atoms with E-state index in [0.717, 1.165) is 12.8 Å². The molecule has 0 spiro atoms. The molecule has 4 rings (SSSR count). The smallest absolute Gasteiger partial charge is 0.255 e. The van der Waals surface area contributed by atoms with Crippen molar-refractivity contribution in [2.45, 2.75) is 39.7 Å². The van der Waals surface area contributed by atoms with E-state index in [1.165, 1.54) is 6.20 Å². The molecule has 1 aliphatic carbocycles. The third-order valence-corrected chi connectivity index (χ3v) is 6.19. The fourth-order valence-corrected chi connectivity index (χ4v) is 3.95. The zero-order valence-corrected chi connectivity index (χ0v) is 19.6. The van der Waals surface area contributed by atoms with Crippen LogP contribution in [0.15, 0.2) is 18.6 Å². The summed E-state index contributed by atoms with van der Waals surface area (Å²) in [5.74, 6) is 0.358. The average Bonchev–Trinajstić information content (AvgIpc) is 3.56. The number of carbonyl (C=O) groups is 3. The van der Waals surface area contributed by atoms with E-state index >= 15 is 0 Å². The molecule has 2 aliphatic rings. The minimum Gasteiger partial charge on any atom is -0.345 e. The number of amides is 2. The third kappa shape index (κ3) is 5.04. The Kier molecular flexibility index (Phi) is 6.44. The summed E-state index contributed by atoms with van der Waals surface area (Å²) < 4.78 is 1.64. The summed E-state index contributed by atoms with van der Waals surface area (Å²) in [6.07, 6.45) is 6.94. The number of aryl methyl sites for hydroxylation is 1. The predicted octanol–water partition coefficient (Wildman–Crippen LogP) is 1.28. The zero-order chi connectivity index (χ0) is 23.7. The van der Waals surface area contributed by atoms with E-state index in [-0.39, 0.29) is 36.1 Å². The van der Waals surface area contributed by atoms with Gasteiger partial charge in [-0.3, -0.25) is 19.1 Å². The van der Waals surface area contributed by atoms with Gasteiger partial charge in [0.25, 0.3) is 5.91 Å². The monoisotopic (exact) mass is 453 g/mol. The topological polar surface area (TPSA) is 113 Å². The van der Waals surface area contributed by atoms with Gasteiger partial charge < -0.3 is 15.1 Å². The molecule has 3 heterocycles. The molecule has 1 saturated carbocycles. The number of rotatable bonds is 7. The number of nitrogens with zero attached hydrogens (tertiary/aromatic N) is 6. The third-order valence-electron chi connectivity index (χ3n) is 6.19. The second kappa shape index (κ2) is 9.29. The molecule has 1 saturated heterocycles. The molecule has 176 valence electrons. The molecule has 2 aromatic rings. The average molecular weight is 454 g/mol. The number of aromatic nitrogens is 4. The van der Waals surface area contributed by atoms with Gasteiger partial charge in [-0.05, 0) is 19.8 Å². The van der Waals surface area contributed by atoms with Crippen molar-refractivity contribution in [3.05, 3.63) is 24.2 Å². The number of carbonyl (C=O) groups excluding carboxylic acids is 3. The van der Waals surface area contributed by atoms with Crippen LogP contribution in [0, 0.1) is 11.8 Å². The van der Waals surface area contributed by atoms with Crippen molar-refractivity contribution in [3.63, 3.8) is 0 Å². The molecule has 1 N–H and O–H groups in total. The number of ketones is 1. The molecule has 10 heteroatoms. The standard InChI is InChI=1S/C23H31N7O3/c1-14(2)19(31)11-24-21(32)18-10-25-23(27-20(18)17-9-26-28(4)13-17)29-7-8-30(15(3)12-29)22(33)16-5-6-16/h9-10,13-16H,5-8,11-12H2,1-4H3,(H,24,32)/t15-/m1/s1. The predicted molar refractivity (Wildman–Crippen MR) is 123 cm³/mol. The van der Waals surface area contributed by atoms with Crippen molar-refractivity contribution < 1.29 is 14.4 Å². The van der Waals surface area contributed by atoms with Crippen molar-refractivity contribution in [3.8, 4) is 11.3 Å². The molecule has 0 bridgehead atoms. The summed E-state index contributed by atoms with van der Waals surface area (Å²) in [5, 5.41) is 6.89. The van der Waals surface area contributed by atoms with Crippen LogP contribution in [-0.4, -0.2) is 74.5 Å². The maximum absolute atomic E-state index is 12.9. The van der Waals surface area contributed by atoms with Gasteiger partial charge in [-0.2, -0.15) is 5.10 Å². The van der Waals surface area contributed by atoms with Crippen molar-refractivity contribution in [1.29, 1.82) is 0 Å². The maximum atomic E-state index is 12.9. The van der Waals surface area contributed by atoms with Gasteiger partial charge in [-0.25, -0.2) is 9.97 Å². The molecule has 2 aromatic heterocycles. The number of anilines is 1. The summed E-state index contributed by atoms with van der Waals surface area (Å²) >= 11 is 0. The molecule has 33 heavy (non-hydrogen) atoms. The summed E-state index contributed by atoms with van der Waals surface area (Å²) in [7, 11) is 1.80. The van der Waals surface area contributed by atoms with Crippen LogP contribution >= 0.6 is 0 Å². The highest BCUT2D eigenvalue weighted by atomic mass is 16.2. The highest BCUT2D eigenvalue weighted by Gasteiger charge is 2.37. The second-order valence-electron chi connectivity index (χ2n) is 9.24. The lowest BCUT2D eigenvalue weighted by Crippen LogP contribution is -2.55. The van der Waals surface area contributed by atoms with E-state index < -0.39 is 5.91 Å². The molecule has 2 fully saturated rings. The minimum atomic E-state index is -0.400. The lowest BCUT2D eigenvalue weighted by molar-refractivity contribution is -0.135. The van der Waals surface area contributed by atoms with Gasteiger partial charge in [-0.1, -0.05) is 13.8 Å². The Bertz CT molecular complexity index is 1060. The molecule has 0 radical (unpaired) electrons. The van der Waals surface area contributed by atoms with Crippen molar-refractivity contribution in [1.82, 2.24) is 30.0 Å². The van der Waals surface area contributed by atoms with Gasteiger partial charge in [0.05, 0.1) is 24.0 Å². The highest BCUT2D eigenvalue weighted by Crippen LogP contribution is 2.32. The zero-order valence-electron chi connectivity index (χ0n) is 19.6. The van der Waals surface area contributed by atoms with Gasteiger partial charge in [0, 0.05) is 62.5 Å². The molecular formula is C23H31N7O3. The van der Waals surface area contributed by atoms with Crippen molar-refractivity contribution in [2.75, 3.05) is 31.1 Å². The largest absolute Gasteiger partial charge is 0.345 e. The molecule has 2 amide bonds. The van der Waals surface area contributed by atoms with Crippen LogP contribution in [0.25, 0.3) is 11.3 Å². The lowest BCUT2D eigenvalue weighted by Gasteiger charge is -2.40. The Morgan fingerprint density at radius 3 is 2.55 bits per heavy atom. The highest BCUT2D eigenvalue weighted by molar-refractivity contribution is 6.01. The molecular weight excluding hydrogens is 422 g/mol. The summed E-state index contributed by atoms with van der Waals surface area (Å²) in [4.78, 5) is 50.6. The Morgan fingerprint density at radius 2 is 1.94 bits per heavy atom.